The number of amides is 1. The fourth-order valence-corrected chi connectivity index (χ4v) is 2.02. The van der Waals surface area contributed by atoms with Crippen molar-refractivity contribution in [3.05, 3.63) is 23.8 Å². The number of fused-ring (bicyclic) bond motifs is 1. The predicted octanol–water partition coefficient (Wildman–Crippen LogP) is 0.551. The zero-order valence-corrected chi connectivity index (χ0v) is 11.6. The molecule has 0 radical (unpaired) electrons. The summed E-state index contributed by atoms with van der Waals surface area (Å²) < 4.78 is 15.9. The Balaban J connectivity index is 1.93. The van der Waals surface area contributed by atoms with Crippen molar-refractivity contribution >= 4 is 5.91 Å². The van der Waals surface area contributed by atoms with Crippen LogP contribution in [0.2, 0.25) is 0 Å². The SMILES string of the molecule is COCC(N)CCNC(=O)c1cccc2c1OCCO2. The summed E-state index contributed by atoms with van der Waals surface area (Å²) >= 11 is 0. The van der Waals surface area contributed by atoms with Crippen LogP contribution < -0.4 is 20.5 Å². The first-order chi connectivity index (χ1) is 9.72. The van der Waals surface area contributed by atoms with E-state index in [0.717, 1.165) is 0 Å². The molecule has 1 amide bonds. The average Bonchev–Trinajstić information content (AvgIpc) is 2.47. The topological polar surface area (TPSA) is 82.8 Å². The van der Waals surface area contributed by atoms with Crippen LogP contribution in [0, 0.1) is 0 Å². The van der Waals surface area contributed by atoms with Crippen LogP contribution in [-0.4, -0.2) is 45.4 Å². The van der Waals surface area contributed by atoms with Gasteiger partial charge in [0.05, 0.1) is 12.2 Å². The van der Waals surface area contributed by atoms with E-state index in [1.54, 1.807) is 25.3 Å². The minimum atomic E-state index is -0.183. The molecule has 6 heteroatoms. The highest BCUT2D eigenvalue weighted by molar-refractivity contribution is 5.97. The number of para-hydroxylation sites is 1. The van der Waals surface area contributed by atoms with Crippen LogP contribution in [0.1, 0.15) is 16.8 Å². The molecular formula is C14H20N2O4. The lowest BCUT2D eigenvalue weighted by molar-refractivity contribution is 0.0939. The zero-order valence-electron chi connectivity index (χ0n) is 11.6. The third-order valence-corrected chi connectivity index (χ3v) is 2.99. The molecule has 1 aliphatic heterocycles. The Labute approximate surface area is 118 Å². The number of nitrogens with two attached hydrogens (primary N) is 1. The van der Waals surface area contributed by atoms with Gasteiger partial charge in [-0.05, 0) is 18.6 Å². The highest BCUT2D eigenvalue weighted by Crippen LogP contribution is 2.33. The first kappa shape index (κ1) is 14.6. The Hall–Kier alpha value is -1.79. The van der Waals surface area contributed by atoms with Crippen LogP contribution in [0.3, 0.4) is 0 Å². The maximum atomic E-state index is 12.1. The Morgan fingerprint density at radius 1 is 1.45 bits per heavy atom. The quantitative estimate of drug-likeness (QED) is 0.795. The third kappa shape index (κ3) is 3.61. The van der Waals surface area contributed by atoms with E-state index in [-0.39, 0.29) is 11.9 Å². The molecule has 20 heavy (non-hydrogen) atoms. The Bertz CT molecular complexity index is 464. The summed E-state index contributed by atoms with van der Waals surface area (Å²) in [6.07, 6.45) is 0.659. The summed E-state index contributed by atoms with van der Waals surface area (Å²) in [5.74, 6) is 0.939. The normalized spacial score (nSPS) is 14.7. The first-order valence-electron chi connectivity index (χ1n) is 6.63. The lowest BCUT2D eigenvalue weighted by Gasteiger charge is -2.20. The Morgan fingerprint density at radius 3 is 3.05 bits per heavy atom. The van der Waals surface area contributed by atoms with Crippen molar-refractivity contribution in [3.63, 3.8) is 0 Å². The van der Waals surface area contributed by atoms with E-state index < -0.39 is 0 Å². The van der Waals surface area contributed by atoms with E-state index in [4.69, 9.17) is 19.9 Å². The molecule has 3 N–H and O–H groups in total. The van der Waals surface area contributed by atoms with Crippen molar-refractivity contribution in [2.45, 2.75) is 12.5 Å². The maximum Gasteiger partial charge on any atom is 0.255 e. The van der Waals surface area contributed by atoms with E-state index in [2.05, 4.69) is 5.32 Å². The molecule has 2 rings (SSSR count). The van der Waals surface area contributed by atoms with Gasteiger partial charge in [-0.1, -0.05) is 6.07 Å². The van der Waals surface area contributed by atoms with Gasteiger partial charge in [-0.15, -0.1) is 0 Å². The molecule has 1 aromatic rings. The van der Waals surface area contributed by atoms with E-state index in [1.807, 2.05) is 0 Å². The Kier molecular flexibility index (Phi) is 5.20. The highest BCUT2D eigenvalue weighted by Gasteiger charge is 2.20. The van der Waals surface area contributed by atoms with E-state index in [0.29, 0.717) is 49.8 Å². The molecule has 110 valence electrons. The molecule has 0 aliphatic carbocycles. The van der Waals surface area contributed by atoms with Gasteiger partial charge in [0.15, 0.2) is 11.5 Å². The lowest BCUT2D eigenvalue weighted by atomic mass is 10.1. The van der Waals surface area contributed by atoms with Crippen molar-refractivity contribution in [3.8, 4) is 11.5 Å². The molecule has 0 fully saturated rings. The van der Waals surface area contributed by atoms with E-state index in [1.165, 1.54) is 0 Å². The van der Waals surface area contributed by atoms with Gasteiger partial charge >= 0.3 is 0 Å². The molecule has 0 spiro atoms. The minimum Gasteiger partial charge on any atom is -0.486 e. The zero-order chi connectivity index (χ0) is 14.4. The number of ether oxygens (including phenoxy) is 3. The summed E-state index contributed by atoms with van der Waals surface area (Å²) in [5, 5.41) is 2.83. The van der Waals surface area contributed by atoms with E-state index >= 15 is 0 Å². The van der Waals surface area contributed by atoms with Crippen molar-refractivity contribution in [2.75, 3.05) is 33.5 Å². The number of nitrogens with one attached hydrogen (secondary N) is 1. The molecule has 1 aromatic carbocycles. The number of benzene rings is 1. The second-order valence-corrected chi connectivity index (χ2v) is 4.59. The van der Waals surface area contributed by atoms with Crippen LogP contribution in [0.5, 0.6) is 11.5 Å². The second kappa shape index (κ2) is 7.12. The summed E-state index contributed by atoms with van der Waals surface area (Å²) in [6.45, 7) is 1.93. The van der Waals surface area contributed by atoms with E-state index in [9.17, 15) is 4.79 Å². The van der Waals surface area contributed by atoms with Crippen molar-refractivity contribution in [1.82, 2.24) is 5.32 Å². The second-order valence-electron chi connectivity index (χ2n) is 4.59. The van der Waals surface area contributed by atoms with Gasteiger partial charge in [-0.2, -0.15) is 0 Å². The molecular weight excluding hydrogens is 260 g/mol. The van der Waals surface area contributed by atoms with Crippen molar-refractivity contribution in [1.29, 1.82) is 0 Å². The maximum absolute atomic E-state index is 12.1. The number of hydrogen-bond donors (Lipinski definition) is 2. The molecule has 6 nitrogen and oxygen atoms in total. The number of methoxy groups -OCH3 is 1. The third-order valence-electron chi connectivity index (χ3n) is 2.99. The highest BCUT2D eigenvalue weighted by atomic mass is 16.6. The van der Waals surface area contributed by atoms with Crippen LogP contribution in [0.25, 0.3) is 0 Å². The molecule has 0 bridgehead atoms. The van der Waals surface area contributed by atoms with Gasteiger partial charge in [0, 0.05) is 19.7 Å². The van der Waals surface area contributed by atoms with Crippen molar-refractivity contribution < 1.29 is 19.0 Å². The smallest absolute Gasteiger partial charge is 0.255 e. The molecule has 1 atom stereocenters. The van der Waals surface area contributed by atoms with Gasteiger partial charge in [0.1, 0.15) is 13.2 Å². The standard InChI is InChI=1S/C14H20N2O4/c1-18-9-10(15)5-6-16-14(17)11-3-2-4-12-13(11)20-8-7-19-12/h2-4,10H,5-9,15H2,1H3,(H,16,17). The number of hydrogen-bond acceptors (Lipinski definition) is 5. The summed E-state index contributed by atoms with van der Waals surface area (Å²) in [4.78, 5) is 12.1. The predicted molar refractivity (Wildman–Crippen MR) is 74.2 cm³/mol. The summed E-state index contributed by atoms with van der Waals surface area (Å²) in [5.41, 5.74) is 6.29. The number of rotatable bonds is 6. The first-order valence-corrected chi connectivity index (χ1v) is 6.63. The minimum absolute atomic E-state index is 0.0791. The largest absolute Gasteiger partial charge is 0.486 e. The van der Waals surface area contributed by atoms with Gasteiger partial charge in [-0.25, -0.2) is 0 Å². The fourth-order valence-electron chi connectivity index (χ4n) is 2.02. The molecule has 1 aliphatic rings. The van der Waals surface area contributed by atoms with Crippen molar-refractivity contribution in [2.24, 2.45) is 5.73 Å². The van der Waals surface area contributed by atoms with Crippen LogP contribution >= 0.6 is 0 Å². The molecule has 1 heterocycles. The van der Waals surface area contributed by atoms with Crippen LogP contribution in [0.15, 0.2) is 18.2 Å². The molecule has 0 saturated carbocycles. The van der Waals surface area contributed by atoms with Crippen LogP contribution in [0.4, 0.5) is 0 Å². The van der Waals surface area contributed by atoms with Gasteiger partial charge in [0.2, 0.25) is 0 Å². The summed E-state index contributed by atoms with van der Waals surface area (Å²) in [6, 6.07) is 5.21. The fraction of sp³-hybridized carbons (Fsp3) is 0.500. The number of carbonyl (C=O) groups is 1. The molecule has 0 aromatic heterocycles. The Morgan fingerprint density at radius 2 is 2.25 bits per heavy atom. The molecule has 0 saturated heterocycles. The lowest BCUT2D eigenvalue weighted by Crippen LogP contribution is -2.33. The average molecular weight is 280 g/mol. The number of carbonyl (C=O) groups excluding carboxylic acids is 1. The van der Waals surface area contributed by atoms with Gasteiger partial charge in [0.25, 0.3) is 5.91 Å². The van der Waals surface area contributed by atoms with Crippen LogP contribution in [-0.2, 0) is 4.74 Å². The van der Waals surface area contributed by atoms with Gasteiger partial charge < -0.3 is 25.3 Å². The monoisotopic (exact) mass is 280 g/mol. The molecule has 1 unspecified atom stereocenters. The van der Waals surface area contributed by atoms with Gasteiger partial charge in [-0.3, -0.25) is 4.79 Å². The summed E-state index contributed by atoms with van der Waals surface area (Å²) in [7, 11) is 1.60.